The Hall–Kier alpha value is -1.81. The van der Waals surface area contributed by atoms with Gasteiger partial charge in [-0.3, -0.25) is 4.79 Å². The molecule has 0 N–H and O–H groups in total. The second-order valence-corrected chi connectivity index (χ2v) is 4.01. The number of carbonyl (C=O) groups excluding carboxylic acids is 1. The lowest BCUT2D eigenvalue weighted by molar-refractivity contribution is -0.119. The van der Waals surface area contributed by atoms with Crippen molar-refractivity contribution < 1.29 is 18.3 Å². The van der Waals surface area contributed by atoms with Gasteiger partial charge < -0.3 is 4.74 Å². The summed E-state index contributed by atoms with van der Waals surface area (Å²) in [5, 5.41) is 0. The van der Waals surface area contributed by atoms with Crippen LogP contribution in [0, 0.1) is 5.82 Å². The largest absolute Gasteiger partial charge is 0.373 e. The Morgan fingerprint density at radius 3 is 2.56 bits per heavy atom. The molecule has 1 aromatic rings. The van der Waals surface area contributed by atoms with E-state index in [9.17, 15) is 13.6 Å². The molecule has 0 heterocycles. The zero-order chi connectivity index (χ0) is 13.2. The van der Waals surface area contributed by atoms with Gasteiger partial charge in [0.15, 0.2) is 6.29 Å². The summed E-state index contributed by atoms with van der Waals surface area (Å²) in [7, 11) is 1.33. The van der Waals surface area contributed by atoms with E-state index in [1.165, 1.54) is 43.5 Å². The molecule has 0 radical (unpaired) electrons. The smallest absolute Gasteiger partial charge is 0.220 e. The molecule has 94 valence electrons. The van der Waals surface area contributed by atoms with E-state index >= 15 is 0 Å². The Bertz CT molecular complexity index is 505. The molecule has 0 aliphatic heterocycles. The minimum Gasteiger partial charge on any atom is -0.373 e. The molecule has 0 spiro atoms. The van der Waals surface area contributed by atoms with Crippen LogP contribution in [-0.4, -0.2) is 25.2 Å². The van der Waals surface area contributed by atoms with Crippen LogP contribution in [0.1, 0.15) is 5.56 Å². The third-order valence-electron chi connectivity index (χ3n) is 2.96. The third kappa shape index (κ3) is 1.99. The molecule has 0 bridgehead atoms. The summed E-state index contributed by atoms with van der Waals surface area (Å²) in [6.45, 7) is 0. The van der Waals surface area contributed by atoms with Crippen LogP contribution < -0.4 is 0 Å². The zero-order valence-electron chi connectivity index (χ0n) is 9.77. The minimum absolute atomic E-state index is 0.173. The quantitative estimate of drug-likeness (QED) is 0.771. The predicted molar refractivity (Wildman–Crippen MR) is 64.2 cm³/mol. The number of allylic oxidation sites excluding steroid dienone is 2. The van der Waals surface area contributed by atoms with E-state index in [4.69, 9.17) is 4.74 Å². The van der Waals surface area contributed by atoms with Crippen molar-refractivity contribution in [2.75, 3.05) is 7.11 Å². The van der Waals surface area contributed by atoms with E-state index in [0.717, 1.165) is 0 Å². The Kier molecular flexibility index (Phi) is 3.39. The first kappa shape index (κ1) is 12.6. The Morgan fingerprint density at radius 2 is 2.00 bits per heavy atom. The van der Waals surface area contributed by atoms with Crippen molar-refractivity contribution in [2.24, 2.45) is 0 Å². The molecular weight excluding hydrogens is 238 g/mol. The van der Waals surface area contributed by atoms with Gasteiger partial charge in [0.1, 0.15) is 11.9 Å². The summed E-state index contributed by atoms with van der Waals surface area (Å²) in [5.41, 5.74) is -1.62. The van der Waals surface area contributed by atoms with Crippen molar-refractivity contribution in [1.29, 1.82) is 0 Å². The Morgan fingerprint density at radius 1 is 1.33 bits per heavy atom. The van der Waals surface area contributed by atoms with E-state index in [0.29, 0.717) is 5.56 Å². The number of rotatable bonds is 3. The van der Waals surface area contributed by atoms with Gasteiger partial charge in [-0.15, -0.1) is 0 Å². The van der Waals surface area contributed by atoms with Crippen LogP contribution in [0.2, 0.25) is 0 Å². The molecule has 1 aliphatic rings. The van der Waals surface area contributed by atoms with Gasteiger partial charge in [0.05, 0.1) is 0 Å². The number of aldehydes is 1. The fraction of sp³-hybridized carbons (Fsp3) is 0.214. The molecule has 2 nitrogen and oxygen atoms in total. The van der Waals surface area contributed by atoms with Crippen molar-refractivity contribution in [3.8, 4) is 0 Å². The molecule has 4 heteroatoms. The zero-order valence-corrected chi connectivity index (χ0v) is 9.77. The number of ether oxygens (including phenoxy) is 1. The molecule has 0 amide bonds. The standard InChI is InChI=1S/C14H12F2O2/c1-18-13-4-2-3-12(14(13,16)9-17)10-5-7-11(15)8-6-10/h2-9,13H,1H3. The predicted octanol–water partition coefficient (Wildman–Crippen LogP) is 2.70. The van der Waals surface area contributed by atoms with E-state index in [-0.39, 0.29) is 11.9 Å². The van der Waals surface area contributed by atoms with E-state index in [2.05, 4.69) is 0 Å². The van der Waals surface area contributed by atoms with Crippen molar-refractivity contribution in [1.82, 2.24) is 0 Å². The summed E-state index contributed by atoms with van der Waals surface area (Å²) < 4.78 is 32.5. The summed E-state index contributed by atoms with van der Waals surface area (Å²) in [4.78, 5) is 11.1. The number of halogens is 2. The van der Waals surface area contributed by atoms with Gasteiger partial charge in [0, 0.05) is 12.7 Å². The minimum atomic E-state index is -2.25. The highest BCUT2D eigenvalue weighted by Crippen LogP contribution is 2.36. The van der Waals surface area contributed by atoms with E-state index in [1.807, 2.05) is 0 Å². The maximum atomic E-state index is 14.7. The number of hydrogen-bond donors (Lipinski definition) is 0. The van der Waals surface area contributed by atoms with Crippen LogP contribution in [0.3, 0.4) is 0 Å². The highest BCUT2D eigenvalue weighted by Gasteiger charge is 2.43. The van der Waals surface area contributed by atoms with Crippen LogP contribution >= 0.6 is 0 Å². The van der Waals surface area contributed by atoms with E-state index < -0.39 is 17.6 Å². The average molecular weight is 250 g/mol. The van der Waals surface area contributed by atoms with Crippen molar-refractivity contribution in [3.63, 3.8) is 0 Å². The monoisotopic (exact) mass is 250 g/mol. The van der Waals surface area contributed by atoms with Gasteiger partial charge in [-0.25, -0.2) is 8.78 Å². The van der Waals surface area contributed by atoms with Crippen LogP contribution in [0.25, 0.3) is 5.57 Å². The average Bonchev–Trinajstić information content (AvgIpc) is 2.40. The van der Waals surface area contributed by atoms with Gasteiger partial charge >= 0.3 is 0 Å². The summed E-state index contributed by atoms with van der Waals surface area (Å²) in [5.74, 6) is -0.412. The molecule has 0 saturated heterocycles. The fourth-order valence-electron chi connectivity index (χ4n) is 2.00. The lowest BCUT2D eigenvalue weighted by atomic mass is 9.83. The van der Waals surface area contributed by atoms with Crippen molar-refractivity contribution in [3.05, 3.63) is 53.9 Å². The van der Waals surface area contributed by atoms with Gasteiger partial charge in [0.25, 0.3) is 0 Å². The van der Waals surface area contributed by atoms with Crippen LogP contribution in [0.15, 0.2) is 42.5 Å². The fourth-order valence-corrected chi connectivity index (χ4v) is 2.00. The number of alkyl halides is 1. The summed E-state index contributed by atoms with van der Waals surface area (Å²) in [6, 6.07) is 5.32. The topological polar surface area (TPSA) is 26.3 Å². The molecule has 0 fully saturated rings. The lowest BCUT2D eigenvalue weighted by Gasteiger charge is -2.30. The molecule has 2 unspecified atom stereocenters. The van der Waals surface area contributed by atoms with Crippen LogP contribution in [-0.2, 0) is 9.53 Å². The normalized spacial score (nSPS) is 26.8. The van der Waals surface area contributed by atoms with E-state index in [1.54, 1.807) is 6.08 Å². The first-order chi connectivity index (χ1) is 8.61. The number of carbonyl (C=O) groups is 1. The SMILES string of the molecule is COC1C=CC=C(c2ccc(F)cc2)C1(F)C=O. The highest BCUT2D eigenvalue weighted by atomic mass is 19.1. The highest BCUT2D eigenvalue weighted by molar-refractivity contribution is 5.91. The van der Waals surface area contributed by atoms with Gasteiger partial charge in [0.2, 0.25) is 5.67 Å². The summed E-state index contributed by atoms with van der Waals surface area (Å²) in [6.07, 6.45) is 3.84. The maximum Gasteiger partial charge on any atom is 0.220 e. The maximum absolute atomic E-state index is 14.7. The van der Waals surface area contributed by atoms with Gasteiger partial charge in [-0.05, 0) is 17.7 Å². The van der Waals surface area contributed by atoms with Crippen molar-refractivity contribution in [2.45, 2.75) is 11.8 Å². The lowest BCUT2D eigenvalue weighted by Crippen LogP contribution is -2.42. The molecular formula is C14H12F2O2. The Balaban J connectivity index is 2.48. The summed E-state index contributed by atoms with van der Waals surface area (Å²) >= 11 is 0. The number of hydrogen-bond acceptors (Lipinski definition) is 2. The van der Waals surface area contributed by atoms with Crippen LogP contribution in [0.5, 0.6) is 0 Å². The number of benzene rings is 1. The molecule has 1 aliphatic carbocycles. The molecule has 2 atom stereocenters. The molecule has 2 rings (SSSR count). The molecule has 0 aromatic heterocycles. The van der Waals surface area contributed by atoms with Crippen LogP contribution in [0.4, 0.5) is 8.78 Å². The second kappa shape index (κ2) is 4.82. The van der Waals surface area contributed by atoms with Gasteiger partial charge in [-0.2, -0.15) is 0 Å². The molecule has 0 saturated carbocycles. The molecule has 1 aromatic carbocycles. The number of methoxy groups -OCH3 is 1. The third-order valence-corrected chi connectivity index (χ3v) is 2.96. The Labute approximate surface area is 104 Å². The first-order valence-corrected chi connectivity index (χ1v) is 5.45. The van der Waals surface area contributed by atoms with Crippen molar-refractivity contribution >= 4 is 11.9 Å². The van der Waals surface area contributed by atoms with Gasteiger partial charge in [-0.1, -0.05) is 30.4 Å². The first-order valence-electron chi connectivity index (χ1n) is 5.45. The second-order valence-electron chi connectivity index (χ2n) is 4.01. The molecule has 18 heavy (non-hydrogen) atoms.